The van der Waals surface area contributed by atoms with Crippen LogP contribution < -0.4 is 0 Å². The van der Waals surface area contributed by atoms with Crippen LogP contribution in [-0.2, 0) is 12.8 Å². The molecule has 0 saturated carbocycles. The highest BCUT2D eigenvalue weighted by Gasteiger charge is 2.05. The van der Waals surface area contributed by atoms with Gasteiger partial charge in [-0.25, -0.2) is 0 Å². The van der Waals surface area contributed by atoms with E-state index in [4.69, 9.17) is 12.2 Å². The monoisotopic (exact) mass is 314 g/mol. The number of aryl methyl sites for hydroxylation is 2. The van der Waals surface area contributed by atoms with E-state index in [1.807, 2.05) is 41.9 Å². The highest BCUT2D eigenvalue weighted by atomic mass is 32.1. The van der Waals surface area contributed by atoms with Crippen LogP contribution in [0.1, 0.15) is 16.3 Å². The zero-order chi connectivity index (χ0) is 14.5. The first-order valence-corrected chi connectivity index (χ1v) is 7.90. The van der Waals surface area contributed by atoms with E-state index in [1.165, 1.54) is 5.56 Å². The first-order valence-electron chi connectivity index (χ1n) is 6.61. The van der Waals surface area contributed by atoms with Gasteiger partial charge < -0.3 is 0 Å². The quantitative estimate of drug-likeness (QED) is 0.577. The number of H-pyrrole nitrogens is 1. The molecule has 106 valence electrons. The minimum Gasteiger partial charge on any atom is -0.250 e. The Hall–Kier alpha value is -2.05. The molecule has 0 saturated heterocycles. The van der Waals surface area contributed by atoms with E-state index in [-0.39, 0.29) is 0 Å². The maximum atomic E-state index is 5.23. The lowest BCUT2D eigenvalue weighted by molar-refractivity contribution is 0.750. The number of aromatic nitrogens is 3. The average Bonchev–Trinajstić information content (AvgIpc) is 3.14. The van der Waals surface area contributed by atoms with E-state index < -0.39 is 0 Å². The summed E-state index contributed by atoms with van der Waals surface area (Å²) in [5.74, 6) is 0.844. The smallest absolute Gasteiger partial charge is 0.216 e. The van der Waals surface area contributed by atoms with Crippen LogP contribution in [0.3, 0.4) is 0 Å². The van der Waals surface area contributed by atoms with E-state index >= 15 is 0 Å². The molecule has 1 N–H and O–H groups in total. The van der Waals surface area contributed by atoms with Gasteiger partial charge in [-0.3, -0.25) is 5.10 Å². The molecule has 0 spiro atoms. The lowest BCUT2D eigenvalue weighted by Gasteiger charge is -2.01. The van der Waals surface area contributed by atoms with E-state index in [0.29, 0.717) is 4.77 Å². The maximum Gasteiger partial charge on any atom is 0.216 e. The molecule has 0 unspecified atom stereocenters. The summed E-state index contributed by atoms with van der Waals surface area (Å²) in [6.07, 6.45) is 3.51. The fourth-order valence-corrected chi connectivity index (χ4v) is 2.76. The molecule has 0 aliphatic carbocycles. The van der Waals surface area contributed by atoms with Gasteiger partial charge in [-0.1, -0.05) is 36.4 Å². The number of rotatable bonds is 5. The minimum absolute atomic E-state index is 0.519. The van der Waals surface area contributed by atoms with Gasteiger partial charge in [0, 0.05) is 11.3 Å². The molecule has 3 aromatic rings. The molecule has 0 atom stereocenters. The van der Waals surface area contributed by atoms with Gasteiger partial charge in [0.05, 0.1) is 6.21 Å². The summed E-state index contributed by atoms with van der Waals surface area (Å²) in [5.41, 5.74) is 1.28. The summed E-state index contributed by atoms with van der Waals surface area (Å²) in [7, 11) is 0. The zero-order valence-corrected chi connectivity index (χ0v) is 12.9. The summed E-state index contributed by atoms with van der Waals surface area (Å²) in [6, 6.07) is 14.3. The highest BCUT2D eigenvalue weighted by Crippen LogP contribution is 2.08. The fourth-order valence-electron chi connectivity index (χ4n) is 1.99. The van der Waals surface area contributed by atoms with Gasteiger partial charge in [0.25, 0.3) is 0 Å². The molecule has 6 heteroatoms. The van der Waals surface area contributed by atoms with Gasteiger partial charge >= 0.3 is 0 Å². The molecule has 2 aromatic heterocycles. The van der Waals surface area contributed by atoms with Crippen LogP contribution in [0.2, 0.25) is 0 Å². The van der Waals surface area contributed by atoms with Gasteiger partial charge in [0.1, 0.15) is 0 Å². The van der Waals surface area contributed by atoms with Crippen molar-refractivity contribution in [1.29, 1.82) is 0 Å². The number of aromatic amines is 1. The van der Waals surface area contributed by atoms with Crippen LogP contribution in [0, 0.1) is 4.77 Å². The Morgan fingerprint density at radius 3 is 2.81 bits per heavy atom. The Labute approximate surface area is 131 Å². The third-order valence-electron chi connectivity index (χ3n) is 3.04. The fraction of sp³-hybridized carbons (Fsp3) is 0.133. The van der Waals surface area contributed by atoms with Gasteiger partial charge in [0.15, 0.2) is 5.82 Å². The number of benzene rings is 1. The molecule has 0 amide bonds. The van der Waals surface area contributed by atoms with E-state index in [1.54, 1.807) is 16.0 Å². The third-order valence-corrected chi connectivity index (χ3v) is 4.11. The van der Waals surface area contributed by atoms with Crippen LogP contribution in [0.4, 0.5) is 0 Å². The second-order valence-corrected chi connectivity index (χ2v) is 5.87. The molecule has 21 heavy (non-hydrogen) atoms. The van der Waals surface area contributed by atoms with Crippen molar-refractivity contribution in [3.8, 4) is 0 Å². The van der Waals surface area contributed by atoms with E-state index in [2.05, 4.69) is 27.4 Å². The lowest BCUT2D eigenvalue weighted by Crippen LogP contribution is -2.01. The van der Waals surface area contributed by atoms with E-state index in [9.17, 15) is 0 Å². The van der Waals surface area contributed by atoms with Crippen molar-refractivity contribution in [2.75, 3.05) is 0 Å². The van der Waals surface area contributed by atoms with Gasteiger partial charge in [-0.05, 0) is 35.6 Å². The molecule has 0 bridgehead atoms. The topological polar surface area (TPSA) is 46.0 Å². The normalized spacial score (nSPS) is 11.2. The molecule has 2 heterocycles. The molecule has 3 rings (SSSR count). The lowest BCUT2D eigenvalue weighted by atomic mass is 10.1. The third kappa shape index (κ3) is 3.53. The second kappa shape index (κ2) is 6.60. The Morgan fingerprint density at radius 2 is 2.05 bits per heavy atom. The Balaban J connectivity index is 1.76. The number of hydrogen-bond acceptors (Lipinski definition) is 4. The molecule has 0 fully saturated rings. The predicted molar refractivity (Wildman–Crippen MR) is 88.6 cm³/mol. The highest BCUT2D eigenvalue weighted by molar-refractivity contribution is 7.71. The van der Waals surface area contributed by atoms with Crippen LogP contribution in [0.5, 0.6) is 0 Å². The van der Waals surface area contributed by atoms with Crippen molar-refractivity contribution in [2.24, 2.45) is 5.10 Å². The summed E-state index contributed by atoms with van der Waals surface area (Å²) in [4.78, 5) is 1.09. The Morgan fingerprint density at radius 1 is 1.19 bits per heavy atom. The second-order valence-electron chi connectivity index (χ2n) is 4.50. The number of thiophene rings is 1. The van der Waals surface area contributed by atoms with Crippen molar-refractivity contribution >= 4 is 29.8 Å². The first kappa shape index (κ1) is 13.9. The molecule has 1 aromatic carbocycles. The van der Waals surface area contributed by atoms with Crippen LogP contribution >= 0.6 is 23.6 Å². The van der Waals surface area contributed by atoms with Crippen molar-refractivity contribution in [1.82, 2.24) is 14.9 Å². The molecule has 0 aliphatic heterocycles. The van der Waals surface area contributed by atoms with Crippen molar-refractivity contribution in [3.05, 3.63) is 68.9 Å². The maximum absolute atomic E-state index is 5.23. The van der Waals surface area contributed by atoms with Crippen LogP contribution in [-0.4, -0.2) is 21.1 Å². The Bertz CT molecular complexity index is 770. The van der Waals surface area contributed by atoms with Crippen LogP contribution in [0.15, 0.2) is 52.9 Å². The number of hydrogen-bond donors (Lipinski definition) is 1. The summed E-state index contributed by atoms with van der Waals surface area (Å²) in [5, 5.41) is 13.5. The van der Waals surface area contributed by atoms with Crippen LogP contribution in [0.25, 0.3) is 0 Å². The summed E-state index contributed by atoms with van der Waals surface area (Å²) >= 11 is 6.87. The summed E-state index contributed by atoms with van der Waals surface area (Å²) < 4.78 is 2.21. The van der Waals surface area contributed by atoms with E-state index in [0.717, 1.165) is 23.5 Å². The largest absolute Gasteiger partial charge is 0.250 e. The molecule has 4 nitrogen and oxygen atoms in total. The Kier molecular flexibility index (Phi) is 4.37. The average molecular weight is 314 g/mol. The zero-order valence-electron chi connectivity index (χ0n) is 11.3. The van der Waals surface area contributed by atoms with Gasteiger partial charge in [-0.15, -0.1) is 11.3 Å². The first-order chi connectivity index (χ1) is 10.3. The summed E-state index contributed by atoms with van der Waals surface area (Å²) in [6.45, 7) is 0. The predicted octanol–water partition coefficient (Wildman–Crippen LogP) is 3.67. The minimum atomic E-state index is 0.519. The molecular formula is C15H14N4S2. The van der Waals surface area contributed by atoms with Gasteiger partial charge in [0.2, 0.25) is 4.77 Å². The number of nitrogens with zero attached hydrogens (tertiary/aromatic N) is 3. The molecule has 0 radical (unpaired) electrons. The molecule has 0 aliphatic rings. The van der Waals surface area contributed by atoms with Gasteiger partial charge in [-0.2, -0.15) is 14.9 Å². The standard InChI is InChI=1S/C15H14N4S2/c20-15-18-17-14(9-8-12-5-2-1-3-6-12)19(15)16-11-13-7-4-10-21-13/h1-7,10-11H,8-9H2,(H,18,20)/b16-11-. The molecular weight excluding hydrogens is 300 g/mol. The SMILES string of the molecule is S=c1[nH]nc(CCc2ccccc2)n1/N=C\c1cccs1. The van der Waals surface area contributed by atoms with Crippen molar-refractivity contribution in [3.63, 3.8) is 0 Å². The van der Waals surface area contributed by atoms with Crippen molar-refractivity contribution < 1.29 is 0 Å². The van der Waals surface area contributed by atoms with Crippen molar-refractivity contribution in [2.45, 2.75) is 12.8 Å². The number of nitrogens with one attached hydrogen (secondary N) is 1.